The van der Waals surface area contributed by atoms with E-state index < -0.39 is 0 Å². The predicted molar refractivity (Wildman–Crippen MR) is 62.8 cm³/mol. The normalized spacial score (nSPS) is 22.7. The summed E-state index contributed by atoms with van der Waals surface area (Å²) >= 11 is 0. The predicted octanol–water partition coefficient (Wildman–Crippen LogP) is 3.52. The Bertz CT molecular complexity index is 175. The topological polar surface area (TPSA) is 18.5 Å². The molecule has 1 fully saturated rings. The lowest BCUT2D eigenvalue weighted by molar-refractivity contribution is 0.0686. The number of allylic oxidation sites excluding steroid dienone is 1. The molecule has 1 unspecified atom stereocenters. The lowest BCUT2D eigenvalue weighted by Crippen LogP contribution is -2.15. The molecule has 0 saturated carbocycles. The Kier molecular flexibility index (Phi) is 6.49. The van der Waals surface area contributed by atoms with Crippen molar-refractivity contribution in [3.05, 3.63) is 11.8 Å². The Morgan fingerprint density at radius 2 is 2.20 bits per heavy atom. The van der Waals surface area contributed by atoms with E-state index in [4.69, 9.17) is 9.47 Å². The van der Waals surface area contributed by atoms with Crippen LogP contribution in [0.4, 0.5) is 0 Å². The van der Waals surface area contributed by atoms with E-state index in [9.17, 15) is 0 Å². The first-order chi connectivity index (χ1) is 7.29. The van der Waals surface area contributed by atoms with Crippen molar-refractivity contribution in [3.63, 3.8) is 0 Å². The number of rotatable bonds is 4. The molecule has 0 spiro atoms. The lowest BCUT2D eigenvalue weighted by atomic mass is 9.98. The highest BCUT2D eigenvalue weighted by molar-refractivity contribution is 4.86. The van der Waals surface area contributed by atoms with Gasteiger partial charge in [-0.2, -0.15) is 0 Å². The second-order valence-corrected chi connectivity index (χ2v) is 4.64. The quantitative estimate of drug-likeness (QED) is 0.524. The van der Waals surface area contributed by atoms with E-state index in [0.717, 1.165) is 26.2 Å². The van der Waals surface area contributed by atoms with Gasteiger partial charge in [0.1, 0.15) is 0 Å². The number of ether oxygens (including phenoxy) is 2. The summed E-state index contributed by atoms with van der Waals surface area (Å²) in [6.07, 6.45) is 8.20. The van der Waals surface area contributed by atoms with Crippen LogP contribution in [0.1, 0.15) is 46.0 Å². The second kappa shape index (κ2) is 7.75. The van der Waals surface area contributed by atoms with Crippen molar-refractivity contribution in [1.29, 1.82) is 0 Å². The monoisotopic (exact) mass is 212 g/mol. The van der Waals surface area contributed by atoms with Gasteiger partial charge in [0.25, 0.3) is 0 Å². The third-order valence-corrected chi connectivity index (χ3v) is 2.72. The maximum atomic E-state index is 5.59. The highest BCUT2D eigenvalue weighted by atomic mass is 16.5. The molecule has 0 N–H and O–H groups in total. The van der Waals surface area contributed by atoms with Gasteiger partial charge in [0, 0.05) is 13.2 Å². The molecule has 0 aromatic rings. The highest BCUT2D eigenvalue weighted by Crippen LogP contribution is 2.17. The van der Waals surface area contributed by atoms with E-state index >= 15 is 0 Å². The van der Waals surface area contributed by atoms with Gasteiger partial charge in [-0.05, 0) is 44.6 Å². The molecule has 0 aliphatic carbocycles. The molecule has 1 aliphatic heterocycles. The average molecular weight is 212 g/mol. The van der Waals surface area contributed by atoms with Gasteiger partial charge in [-0.3, -0.25) is 0 Å². The zero-order chi connectivity index (χ0) is 10.9. The Morgan fingerprint density at radius 3 is 3.00 bits per heavy atom. The van der Waals surface area contributed by atoms with Gasteiger partial charge >= 0.3 is 0 Å². The van der Waals surface area contributed by atoms with E-state index in [-0.39, 0.29) is 0 Å². The van der Waals surface area contributed by atoms with E-state index in [1.807, 2.05) is 6.26 Å². The fourth-order valence-electron chi connectivity index (χ4n) is 1.84. The van der Waals surface area contributed by atoms with Crippen LogP contribution in [-0.4, -0.2) is 19.8 Å². The van der Waals surface area contributed by atoms with Gasteiger partial charge in [-0.25, -0.2) is 0 Å². The van der Waals surface area contributed by atoms with Gasteiger partial charge in [0.05, 0.1) is 12.9 Å². The summed E-state index contributed by atoms with van der Waals surface area (Å²) in [7, 11) is 0. The minimum Gasteiger partial charge on any atom is -0.501 e. The second-order valence-electron chi connectivity index (χ2n) is 4.64. The fraction of sp³-hybridized carbons (Fsp3) is 0.846. The Balaban J connectivity index is 2.10. The van der Waals surface area contributed by atoms with Crippen LogP contribution in [0.3, 0.4) is 0 Å². The van der Waals surface area contributed by atoms with Crippen LogP contribution in [0.2, 0.25) is 0 Å². The summed E-state index contributed by atoms with van der Waals surface area (Å²) < 4.78 is 11.0. The zero-order valence-electron chi connectivity index (χ0n) is 10.1. The van der Waals surface area contributed by atoms with Crippen molar-refractivity contribution in [3.8, 4) is 0 Å². The zero-order valence-corrected chi connectivity index (χ0v) is 10.1. The van der Waals surface area contributed by atoms with Crippen LogP contribution in [0.15, 0.2) is 11.8 Å². The smallest absolute Gasteiger partial charge is 0.0876 e. The molecule has 88 valence electrons. The first-order valence-electron chi connectivity index (χ1n) is 6.12. The highest BCUT2D eigenvalue weighted by Gasteiger charge is 2.11. The molecule has 1 saturated heterocycles. The Labute approximate surface area is 93.7 Å². The van der Waals surface area contributed by atoms with E-state index in [0.29, 0.717) is 5.92 Å². The summed E-state index contributed by atoms with van der Waals surface area (Å²) in [5, 5.41) is 0. The fourth-order valence-corrected chi connectivity index (χ4v) is 1.84. The SMILES string of the molecule is CC(C)=COCCC1CCCCCOC1. The van der Waals surface area contributed by atoms with Gasteiger partial charge < -0.3 is 9.47 Å². The van der Waals surface area contributed by atoms with Crippen molar-refractivity contribution < 1.29 is 9.47 Å². The Morgan fingerprint density at radius 1 is 1.33 bits per heavy atom. The standard InChI is InChI=1S/C13H24O2/c1-12(2)10-15-9-7-13-6-4-3-5-8-14-11-13/h10,13H,3-9,11H2,1-2H3. The molecule has 0 aromatic carbocycles. The van der Waals surface area contributed by atoms with Crippen LogP contribution >= 0.6 is 0 Å². The summed E-state index contributed by atoms with van der Waals surface area (Å²) in [6, 6.07) is 0. The van der Waals surface area contributed by atoms with Crippen molar-refractivity contribution in [2.75, 3.05) is 19.8 Å². The molecule has 0 amide bonds. The van der Waals surface area contributed by atoms with Crippen LogP contribution in [0, 0.1) is 5.92 Å². The average Bonchev–Trinajstić information content (AvgIpc) is 2.14. The third-order valence-electron chi connectivity index (χ3n) is 2.72. The van der Waals surface area contributed by atoms with Crippen LogP contribution < -0.4 is 0 Å². The van der Waals surface area contributed by atoms with Crippen LogP contribution in [0.5, 0.6) is 0 Å². The molecule has 15 heavy (non-hydrogen) atoms. The maximum Gasteiger partial charge on any atom is 0.0876 e. The summed E-state index contributed by atoms with van der Waals surface area (Å²) in [5.41, 5.74) is 1.23. The molecule has 1 aliphatic rings. The van der Waals surface area contributed by atoms with Crippen molar-refractivity contribution >= 4 is 0 Å². The van der Waals surface area contributed by atoms with Gasteiger partial charge in [0.2, 0.25) is 0 Å². The molecule has 2 heteroatoms. The summed E-state index contributed by atoms with van der Waals surface area (Å²) in [4.78, 5) is 0. The molecule has 1 atom stereocenters. The van der Waals surface area contributed by atoms with Crippen LogP contribution in [0.25, 0.3) is 0 Å². The van der Waals surface area contributed by atoms with Gasteiger partial charge in [0.15, 0.2) is 0 Å². The molecule has 0 bridgehead atoms. The van der Waals surface area contributed by atoms with Crippen molar-refractivity contribution in [1.82, 2.24) is 0 Å². The minimum atomic E-state index is 0.705. The molecule has 2 nitrogen and oxygen atoms in total. The lowest BCUT2D eigenvalue weighted by Gasteiger charge is -2.19. The molecule has 1 rings (SSSR count). The van der Waals surface area contributed by atoms with Crippen molar-refractivity contribution in [2.45, 2.75) is 46.0 Å². The molecule has 1 heterocycles. The minimum absolute atomic E-state index is 0.705. The summed E-state index contributed by atoms with van der Waals surface area (Å²) in [6.45, 7) is 6.82. The first kappa shape index (κ1) is 12.6. The van der Waals surface area contributed by atoms with Crippen molar-refractivity contribution in [2.24, 2.45) is 5.92 Å². The Hall–Kier alpha value is -0.500. The third kappa shape index (κ3) is 6.56. The van der Waals surface area contributed by atoms with Gasteiger partial charge in [-0.1, -0.05) is 12.8 Å². The number of hydrogen-bond acceptors (Lipinski definition) is 2. The largest absolute Gasteiger partial charge is 0.501 e. The number of hydrogen-bond donors (Lipinski definition) is 0. The van der Waals surface area contributed by atoms with E-state index in [2.05, 4.69) is 13.8 Å². The maximum absolute atomic E-state index is 5.59. The molecular formula is C13H24O2. The molecule has 0 aromatic heterocycles. The first-order valence-corrected chi connectivity index (χ1v) is 6.12. The molecule has 0 radical (unpaired) electrons. The van der Waals surface area contributed by atoms with E-state index in [1.54, 1.807) is 0 Å². The van der Waals surface area contributed by atoms with Gasteiger partial charge in [-0.15, -0.1) is 0 Å². The summed E-state index contributed by atoms with van der Waals surface area (Å²) in [5.74, 6) is 0.705. The van der Waals surface area contributed by atoms with E-state index in [1.165, 1.54) is 31.3 Å². The van der Waals surface area contributed by atoms with Crippen LogP contribution in [-0.2, 0) is 9.47 Å². The molecular weight excluding hydrogens is 188 g/mol.